The van der Waals surface area contributed by atoms with Crippen LogP contribution in [0.3, 0.4) is 0 Å². The molecule has 2 rings (SSSR count). The van der Waals surface area contributed by atoms with Gasteiger partial charge in [0, 0.05) is 38.0 Å². The second-order valence-electron chi connectivity index (χ2n) is 4.48. The van der Waals surface area contributed by atoms with Crippen molar-refractivity contribution in [3.8, 4) is 0 Å². The van der Waals surface area contributed by atoms with Crippen LogP contribution in [-0.4, -0.2) is 24.6 Å². The minimum absolute atomic E-state index is 0.146. The molecule has 0 radical (unpaired) electrons. The molecule has 2 aromatic rings. The van der Waals surface area contributed by atoms with E-state index >= 15 is 0 Å². The Labute approximate surface area is 107 Å². The topological polar surface area (TPSA) is 51.3 Å². The largest absolute Gasteiger partial charge is 0.325 e. The van der Waals surface area contributed by atoms with E-state index in [1.165, 1.54) is 0 Å². The Balaban J connectivity index is 2.87. The molecule has 0 atom stereocenters. The summed E-state index contributed by atoms with van der Waals surface area (Å²) >= 11 is 0. The average Bonchev–Trinajstić information content (AvgIpc) is 2.71. The summed E-state index contributed by atoms with van der Waals surface area (Å²) in [6.07, 6.45) is 0.494. The molecule has 4 heteroatoms. The van der Waals surface area contributed by atoms with Gasteiger partial charge in [-0.1, -0.05) is 25.1 Å². The Morgan fingerprint density at radius 2 is 2.00 bits per heavy atom. The smallest absolute Gasteiger partial charge is 0.165 e. The van der Waals surface area contributed by atoms with Crippen LogP contribution in [0.1, 0.15) is 29.4 Å². The highest BCUT2D eigenvalue weighted by molar-refractivity contribution is 6.09. The normalized spacial score (nSPS) is 10.9. The number of carbonyl (C=O) groups excluding carboxylic acids is 1. The number of nitrogens with zero attached hydrogens (tertiary/aromatic N) is 2. The summed E-state index contributed by atoms with van der Waals surface area (Å²) in [5.74, 6) is 0.146. The number of rotatable bonds is 4. The van der Waals surface area contributed by atoms with Gasteiger partial charge in [0.1, 0.15) is 0 Å². The van der Waals surface area contributed by atoms with Gasteiger partial charge in [0.2, 0.25) is 0 Å². The number of nitrogens with two attached hydrogens (primary N) is 1. The quantitative estimate of drug-likeness (QED) is 0.837. The first-order chi connectivity index (χ1) is 8.61. The highest BCUT2D eigenvalue weighted by atomic mass is 16.1. The number of ketones is 1. The molecular weight excluding hydrogens is 226 g/mol. The maximum atomic E-state index is 12.2. The Bertz CT molecular complexity index is 584. The van der Waals surface area contributed by atoms with Crippen molar-refractivity contribution in [2.75, 3.05) is 19.1 Å². The molecular formula is C14H19N3O. The molecule has 0 spiro atoms. The SMILES string of the molecule is CCC(=O)c1c(CN)n(N(C)C)c2ccccc12. The van der Waals surface area contributed by atoms with Gasteiger partial charge in [0.15, 0.2) is 5.78 Å². The van der Waals surface area contributed by atoms with Gasteiger partial charge >= 0.3 is 0 Å². The molecule has 0 aliphatic rings. The minimum Gasteiger partial charge on any atom is -0.325 e. The van der Waals surface area contributed by atoms with E-state index in [4.69, 9.17) is 5.73 Å². The summed E-state index contributed by atoms with van der Waals surface area (Å²) in [7, 11) is 3.90. The summed E-state index contributed by atoms with van der Waals surface area (Å²) in [4.78, 5) is 12.2. The van der Waals surface area contributed by atoms with Crippen molar-refractivity contribution in [1.82, 2.24) is 4.68 Å². The first-order valence-corrected chi connectivity index (χ1v) is 6.15. The number of hydrogen-bond donors (Lipinski definition) is 1. The van der Waals surface area contributed by atoms with Crippen LogP contribution < -0.4 is 10.7 Å². The summed E-state index contributed by atoms with van der Waals surface area (Å²) in [6, 6.07) is 7.93. The number of para-hydroxylation sites is 1. The van der Waals surface area contributed by atoms with E-state index in [0.717, 1.165) is 22.2 Å². The molecule has 0 saturated carbocycles. The van der Waals surface area contributed by atoms with Gasteiger partial charge in [0.25, 0.3) is 0 Å². The van der Waals surface area contributed by atoms with E-state index in [9.17, 15) is 4.79 Å². The molecule has 1 aromatic heterocycles. The van der Waals surface area contributed by atoms with Crippen LogP contribution in [0.5, 0.6) is 0 Å². The van der Waals surface area contributed by atoms with Gasteiger partial charge in [0.05, 0.1) is 11.2 Å². The third kappa shape index (κ3) is 1.78. The molecule has 0 unspecified atom stereocenters. The predicted octanol–water partition coefficient (Wildman–Crippen LogP) is 1.89. The number of aromatic nitrogens is 1. The Hall–Kier alpha value is -1.81. The summed E-state index contributed by atoms with van der Waals surface area (Å²) in [5, 5.41) is 2.94. The third-order valence-electron chi connectivity index (χ3n) is 3.14. The molecule has 4 nitrogen and oxygen atoms in total. The molecule has 0 aliphatic carbocycles. The van der Waals surface area contributed by atoms with E-state index in [1.807, 2.05) is 55.0 Å². The molecule has 0 aliphatic heterocycles. The Morgan fingerprint density at radius 3 is 2.56 bits per heavy atom. The fraction of sp³-hybridized carbons (Fsp3) is 0.357. The maximum Gasteiger partial charge on any atom is 0.165 e. The van der Waals surface area contributed by atoms with Gasteiger partial charge in [-0.15, -0.1) is 0 Å². The first kappa shape index (κ1) is 12.6. The monoisotopic (exact) mass is 245 g/mol. The van der Waals surface area contributed by atoms with Gasteiger partial charge < -0.3 is 10.7 Å². The molecule has 0 saturated heterocycles. The van der Waals surface area contributed by atoms with Gasteiger partial charge in [-0.05, 0) is 6.07 Å². The number of hydrogen-bond acceptors (Lipinski definition) is 3. The number of Topliss-reactive ketones (excluding diaryl/α,β-unsaturated/α-hetero) is 1. The molecule has 2 N–H and O–H groups in total. The van der Waals surface area contributed by atoms with Crippen molar-refractivity contribution in [3.05, 3.63) is 35.5 Å². The lowest BCUT2D eigenvalue weighted by Crippen LogP contribution is -2.28. The average molecular weight is 245 g/mol. The fourth-order valence-electron chi connectivity index (χ4n) is 2.41. The zero-order chi connectivity index (χ0) is 13.3. The summed E-state index contributed by atoms with van der Waals surface area (Å²) in [6.45, 7) is 2.23. The first-order valence-electron chi connectivity index (χ1n) is 6.15. The Kier molecular flexibility index (Phi) is 3.39. The fourth-order valence-corrected chi connectivity index (χ4v) is 2.41. The van der Waals surface area contributed by atoms with Crippen LogP contribution in [-0.2, 0) is 6.54 Å². The third-order valence-corrected chi connectivity index (χ3v) is 3.14. The van der Waals surface area contributed by atoms with Crippen molar-refractivity contribution in [2.24, 2.45) is 5.73 Å². The summed E-state index contributed by atoms with van der Waals surface area (Å²) < 4.78 is 2.01. The van der Waals surface area contributed by atoms with Crippen LogP contribution in [0, 0.1) is 0 Å². The van der Waals surface area contributed by atoms with Crippen LogP contribution in [0.15, 0.2) is 24.3 Å². The van der Waals surface area contributed by atoms with E-state index < -0.39 is 0 Å². The molecule has 1 aromatic carbocycles. The molecule has 0 amide bonds. The van der Waals surface area contributed by atoms with Gasteiger partial charge in [-0.2, -0.15) is 0 Å². The number of benzene rings is 1. The van der Waals surface area contributed by atoms with Crippen molar-refractivity contribution in [2.45, 2.75) is 19.9 Å². The summed E-state index contributed by atoms with van der Waals surface area (Å²) in [5.41, 5.74) is 8.52. The van der Waals surface area contributed by atoms with E-state index in [-0.39, 0.29) is 5.78 Å². The second-order valence-corrected chi connectivity index (χ2v) is 4.48. The van der Waals surface area contributed by atoms with Gasteiger partial charge in [-0.25, -0.2) is 0 Å². The molecule has 1 heterocycles. The minimum atomic E-state index is 0.146. The van der Waals surface area contributed by atoms with Crippen LogP contribution in [0.2, 0.25) is 0 Å². The lowest BCUT2D eigenvalue weighted by molar-refractivity contribution is 0.0988. The highest BCUT2D eigenvalue weighted by Crippen LogP contribution is 2.27. The molecule has 96 valence electrons. The predicted molar refractivity (Wildman–Crippen MR) is 74.5 cm³/mol. The van der Waals surface area contributed by atoms with Crippen molar-refractivity contribution < 1.29 is 4.79 Å². The zero-order valence-corrected chi connectivity index (χ0v) is 11.1. The standard InChI is InChI=1S/C14H19N3O/c1-4-13(18)14-10-7-5-6-8-11(10)17(16(2)3)12(14)9-15/h5-8H,4,9,15H2,1-3H3. The number of carbonyl (C=O) groups is 1. The van der Waals surface area contributed by atoms with Crippen LogP contribution in [0.4, 0.5) is 0 Å². The lowest BCUT2D eigenvalue weighted by Gasteiger charge is -2.19. The lowest BCUT2D eigenvalue weighted by atomic mass is 10.0. The molecule has 18 heavy (non-hydrogen) atoms. The van der Waals surface area contributed by atoms with Crippen molar-refractivity contribution >= 4 is 16.7 Å². The highest BCUT2D eigenvalue weighted by Gasteiger charge is 2.20. The molecule has 0 bridgehead atoms. The maximum absolute atomic E-state index is 12.2. The number of fused-ring (bicyclic) bond motifs is 1. The van der Waals surface area contributed by atoms with E-state index in [0.29, 0.717) is 13.0 Å². The zero-order valence-electron chi connectivity index (χ0n) is 11.1. The van der Waals surface area contributed by atoms with Crippen molar-refractivity contribution in [1.29, 1.82) is 0 Å². The van der Waals surface area contributed by atoms with Gasteiger partial charge in [-0.3, -0.25) is 9.47 Å². The second kappa shape index (κ2) is 4.82. The Morgan fingerprint density at radius 1 is 1.33 bits per heavy atom. The van der Waals surface area contributed by atoms with E-state index in [1.54, 1.807) is 0 Å². The van der Waals surface area contributed by atoms with Crippen LogP contribution in [0.25, 0.3) is 10.9 Å². The molecule has 0 fully saturated rings. The van der Waals surface area contributed by atoms with Crippen LogP contribution >= 0.6 is 0 Å². The van der Waals surface area contributed by atoms with Crippen molar-refractivity contribution in [3.63, 3.8) is 0 Å². The van der Waals surface area contributed by atoms with E-state index in [2.05, 4.69) is 0 Å².